The van der Waals surface area contributed by atoms with Crippen LogP contribution in [0.5, 0.6) is 17.2 Å². The van der Waals surface area contributed by atoms with Crippen LogP contribution in [0, 0.1) is 11.6 Å². The van der Waals surface area contributed by atoms with E-state index >= 15 is 8.78 Å². The van der Waals surface area contributed by atoms with Gasteiger partial charge >= 0.3 is 5.97 Å². The molecule has 3 N–H and O–H groups in total. The summed E-state index contributed by atoms with van der Waals surface area (Å²) in [6, 6.07) is 7.87. The standard InChI is InChI=1S/C27H23F2NO7/c1-3-5-12-37-26-22(29)20-19(24(33)17-15(31)10-11-16(32)18(17)25(20)34)21(28)23(26)30-14-9-7-6-8-13(14)27(35)36-4-2/h6-11,30-32H,3-5,12H2,1-2H3. The molecule has 0 spiro atoms. The van der Waals surface area contributed by atoms with Crippen LogP contribution in [0.2, 0.25) is 0 Å². The fourth-order valence-electron chi connectivity index (χ4n) is 4.06. The number of carbonyl (C=O) groups is 3. The van der Waals surface area contributed by atoms with Gasteiger partial charge in [-0.3, -0.25) is 9.59 Å². The molecule has 0 amide bonds. The van der Waals surface area contributed by atoms with Crippen molar-refractivity contribution >= 4 is 28.9 Å². The number of ether oxygens (including phenoxy) is 2. The maximum Gasteiger partial charge on any atom is 0.340 e. The number of phenols is 2. The van der Waals surface area contributed by atoms with Crippen molar-refractivity contribution in [1.82, 2.24) is 0 Å². The van der Waals surface area contributed by atoms with Gasteiger partial charge in [-0.2, -0.15) is 0 Å². The summed E-state index contributed by atoms with van der Waals surface area (Å²) in [4.78, 5) is 38.9. The molecule has 0 atom stereocenters. The zero-order valence-electron chi connectivity index (χ0n) is 20.0. The van der Waals surface area contributed by atoms with E-state index in [1.165, 1.54) is 12.1 Å². The number of hydrogen-bond acceptors (Lipinski definition) is 8. The topological polar surface area (TPSA) is 122 Å². The monoisotopic (exact) mass is 511 g/mol. The smallest absolute Gasteiger partial charge is 0.340 e. The zero-order valence-corrected chi connectivity index (χ0v) is 20.0. The highest BCUT2D eigenvalue weighted by Gasteiger charge is 2.42. The lowest BCUT2D eigenvalue weighted by molar-refractivity contribution is 0.0527. The van der Waals surface area contributed by atoms with Crippen molar-refractivity contribution in [2.75, 3.05) is 18.5 Å². The Morgan fingerprint density at radius 2 is 1.49 bits per heavy atom. The van der Waals surface area contributed by atoms with Gasteiger partial charge in [0.15, 0.2) is 17.4 Å². The molecule has 0 saturated carbocycles. The predicted octanol–water partition coefficient (Wildman–Crippen LogP) is 5.25. The van der Waals surface area contributed by atoms with Crippen LogP contribution in [-0.4, -0.2) is 41.0 Å². The number of benzene rings is 3. The fraction of sp³-hybridized carbons (Fsp3) is 0.222. The molecule has 0 aromatic heterocycles. The Hall–Kier alpha value is -4.47. The van der Waals surface area contributed by atoms with Gasteiger partial charge in [0.2, 0.25) is 11.6 Å². The number of hydrogen-bond donors (Lipinski definition) is 3. The molecule has 192 valence electrons. The minimum absolute atomic E-state index is 0.0108. The number of halogens is 2. The van der Waals surface area contributed by atoms with Crippen LogP contribution in [0.3, 0.4) is 0 Å². The Labute approximate surface area is 210 Å². The van der Waals surface area contributed by atoms with E-state index in [0.717, 1.165) is 12.1 Å². The number of rotatable bonds is 8. The minimum atomic E-state index is -1.33. The van der Waals surface area contributed by atoms with Gasteiger partial charge in [0.25, 0.3) is 0 Å². The largest absolute Gasteiger partial charge is 0.507 e. The van der Waals surface area contributed by atoms with E-state index in [2.05, 4.69) is 5.32 Å². The normalized spacial score (nSPS) is 12.1. The average molecular weight is 511 g/mol. The van der Waals surface area contributed by atoms with Crippen LogP contribution in [0.4, 0.5) is 20.2 Å². The molecule has 8 nitrogen and oxygen atoms in total. The van der Waals surface area contributed by atoms with Gasteiger partial charge in [-0.15, -0.1) is 0 Å². The second kappa shape index (κ2) is 10.3. The fourth-order valence-corrected chi connectivity index (χ4v) is 4.06. The van der Waals surface area contributed by atoms with E-state index in [1.54, 1.807) is 19.1 Å². The van der Waals surface area contributed by atoms with Gasteiger partial charge < -0.3 is 25.0 Å². The summed E-state index contributed by atoms with van der Waals surface area (Å²) >= 11 is 0. The van der Waals surface area contributed by atoms with E-state index in [0.29, 0.717) is 12.8 Å². The third-order valence-corrected chi connectivity index (χ3v) is 5.83. The molecule has 0 saturated heterocycles. The highest BCUT2D eigenvalue weighted by atomic mass is 19.1. The first-order chi connectivity index (χ1) is 17.7. The maximum absolute atomic E-state index is 16.1. The second-order valence-corrected chi connectivity index (χ2v) is 8.19. The van der Waals surface area contributed by atoms with E-state index < -0.39 is 74.4 Å². The van der Waals surface area contributed by atoms with Crippen molar-refractivity contribution in [3.05, 3.63) is 75.8 Å². The summed E-state index contributed by atoms with van der Waals surface area (Å²) in [5.41, 5.74) is -3.71. The number of carbonyl (C=O) groups excluding carboxylic acids is 3. The highest BCUT2D eigenvalue weighted by molar-refractivity contribution is 6.31. The molecule has 4 rings (SSSR count). The molecule has 0 bridgehead atoms. The van der Waals surface area contributed by atoms with E-state index in [4.69, 9.17) is 9.47 Å². The lowest BCUT2D eigenvalue weighted by Gasteiger charge is -2.24. The first kappa shape index (κ1) is 25.6. The van der Waals surface area contributed by atoms with Crippen LogP contribution in [0.1, 0.15) is 68.9 Å². The molecule has 3 aromatic rings. The summed E-state index contributed by atoms with van der Waals surface area (Å²) in [7, 11) is 0. The highest BCUT2D eigenvalue weighted by Crippen LogP contribution is 2.45. The molecule has 10 heteroatoms. The van der Waals surface area contributed by atoms with Gasteiger partial charge in [-0.1, -0.05) is 25.5 Å². The molecule has 0 fully saturated rings. The lowest BCUT2D eigenvalue weighted by Crippen LogP contribution is -2.26. The predicted molar refractivity (Wildman–Crippen MR) is 129 cm³/mol. The molecular weight excluding hydrogens is 488 g/mol. The third-order valence-electron chi connectivity index (χ3n) is 5.83. The number of ketones is 2. The molecule has 0 radical (unpaired) electrons. The van der Waals surface area contributed by atoms with Crippen LogP contribution in [-0.2, 0) is 4.74 Å². The van der Waals surface area contributed by atoms with Gasteiger partial charge in [-0.05, 0) is 37.6 Å². The Morgan fingerprint density at radius 1 is 0.892 bits per heavy atom. The van der Waals surface area contributed by atoms with Gasteiger partial charge in [0, 0.05) is 0 Å². The second-order valence-electron chi connectivity index (χ2n) is 8.19. The van der Waals surface area contributed by atoms with Crippen molar-refractivity contribution in [2.45, 2.75) is 26.7 Å². The molecule has 0 unspecified atom stereocenters. The number of phenolic OH excluding ortho intramolecular Hbond substituents is 2. The van der Waals surface area contributed by atoms with Gasteiger partial charge in [0.05, 0.1) is 46.7 Å². The number of aromatic hydroxyl groups is 2. The first-order valence-corrected chi connectivity index (χ1v) is 11.6. The Morgan fingerprint density at radius 3 is 2.08 bits per heavy atom. The van der Waals surface area contributed by atoms with Crippen molar-refractivity contribution in [1.29, 1.82) is 0 Å². The van der Waals surface area contributed by atoms with Gasteiger partial charge in [-0.25, -0.2) is 13.6 Å². The minimum Gasteiger partial charge on any atom is -0.507 e. The molecular formula is C27H23F2NO7. The van der Waals surface area contributed by atoms with Crippen molar-refractivity contribution in [3.63, 3.8) is 0 Å². The first-order valence-electron chi connectivity index (χ1n) is 11.6. The van der Waals surface area contributed by atoms with E-state index in [1.807, 2.05) is 6.92 Å². The quantitative estimate of drug-likeness (QED) is 0.167. The van der Waals surface area contributed by atoms with E-state index in [9.17, 15) is 24.6 Å². The summed E-state index contributed by atoms with van der Waals surface area (Å²) in [5, 5.41) is 23.0. The number of para-hydroxylation sites is 1. The van der Waals surface area contributed by atoms with Crippen molar-refractivity contribution in [3.8, 4) is 17.2 Å². The summed E-state index contributed by atoms with van der Waals surface area (Å²) < 4.78 is 42.6. The summed E-state index contributed by atoms with van der Waals surface area (Å²) in [6.07, 6.45) is 1.14. The number of esters is 1. The lowest BCUT2D eigenvalue weighted by atomic mass is 9.82. The molecule has 37 heavy (non-hydrogen) atoms. The number of anilines is 2. The Balaban J connectivity index is 1.96. The average Bonchev–Trinajstić information content (AvgIpc) is 2.88. The van der Waals surface area contributed by atoms with Crippen molar-refractivity contribution < 1.29 is 42.9 Å². The summed E-state index contributed by atoms with van der Waals surface area (Å²) in [6.45, 7) is 3.51. The SMILES string of the molecule is CCCCOc1c(F)c2c(c(F)c1Nc1ccccc1C(=O)OCC)C(=O)c1c(O)ccc(O)c1C2=O. The maximum atomic E-state index is 16.1. The molecule has 0 heterocycles. The summed E-state index contributed by atoms with van der Waals surface area (Å²) in [5.74, 6) is -7.78. The van der Waals surface area contributed by atoms with E-state index in [-0.39, 0.29) is 24.5 Å². The Bertz CT molecular complexity index is 1430. The van der Waals surface area contributed by atoms with Gasteiger partial charge in [0.1, 0.15) is 17.2 Å². The zero-order chi connectivity index (χ0) is 26.9. The number of nitrogens with one attached hydrogen (secondary N) is 1. The molecule has 3 aromatic carbocycles. The van der Waals surface area contributed by atoms with Crippen LogP contribution >= 0.6 is 0 Å². The van der Waals surface area contributed by atoms with Crippen LogP contribution in [0.15, 0.2) is 36.4 Å². The number of fused-ring (bicyclic) bond motifs is 2. The molecule has 1 aliphatic rings. The van der Waals surface area contributed by atoms with Crippen LogP contribution < -0.4 is 10.1 Å². The van der Waals surface area contributed by atoms with Crippen LogP contribution in [0.25, 0.3) is 0 Å². The third kappa shape index (κ3) is 4.35. The molecule has 1 aliphatic carbocycles. The number of unbranched alkanes of at least 4 members (excludes halogenated alkanes) is 1. The Kier molecular flexibility index (Phi) is 7.10. The van der Waals surface area contributed by atoms with Crippen molar-refractivity contribution in [2.24, 2.45) is 0 Å². The molecule has 0 aliphatic heterocycles.